The maximum atomic E-state index is 11.5. The lowest BCUT2D eigenvalue weighted by Gasteiger charge is -2.06. The maximum absolute atomic E-state index is 11.5. The van der Waals surface area contributed by atoms with Crippen molar-refractivity contribution in [1.82, 2.24) is 0 Å². The van der Waals surface area contributed by atoms with Gasteiger partial charge >= 0.3 is 15.6 Å². The van der Waals surface area contributed by atoms with Gasteiger partial charge in [-0.1, -0.05) is 6.08 Å². The first-order valence-electron chi connectivity index (χ1n) is 2.88. The molecule has 0 aromatic rings. The molecule has 72 valence electrons. The molecule has 0 aromatic heterocycles. The highest BCUT2D eigenvalue weighted by molar-refractivity contribution is 7.88. The molecule has 0 aliphatic rings. The van der Waals surface area contributed by atoms with Crippen LogP contribution in [0.15, 0.2) is 12.7 Å². The molecule has 3 nitrogen and oxygen atoms in total. The second-order valence-corrected chi connectivity index (χ2v) is 5.10. The monoisotopic (exact) mass is 220 g/mol. The van der Waals surface area contributed by atoms with Gasteiger partial charge in [0.15, 0.2) is 9.76 Å². The van der Waals surface area contributed by atoms with Crippen LogP contribution in [0.5, 0.6) is 0 Å². The molecule has 0 aliphatic carbocycles. The standard InChI is InChI=1S/C4H7F3O3SSi/c1-2-3-12-10-11(8,9)4(5,6)7/h2H,1,3,12H2. The van der Waals surface area contributed by atoms with Gasteiger partial charge in [0, 0.05) is 0 Å². The molecule has 0 fully saturated rings. The van der Waals surface area contributed by atoms with Crippen molar-refractivity contribution in [3.8, 4) is 0 Å². The molecule has 0 aliphatic heterocycles. The van der Waals surface area contributed by atoms with Gasteiger partial charge in [-0.2, -0.15) is 21.6 Å². The highest BCUT2D eigenvalue weighted by atomic mass is 32.2. The molecule has 0 saturated heterocycles. The van der Waals surface area contributed by atoms with E-state index in [2.05, 4.69) is 10.5 Å². The number of halogens is 3. The molecule has 0 rings (SSSR count). The predicted octanol–water partition coefficient (Wildman–Crippen LogP) is 0.541. The molecule has 0 spiro atoms. The Hall–Kier alpha value is -0.343. The lowest BCUT2D eigenvalue weighted by molar-refractivity contribution is -0.0499. The van der Waals surface area contributed by atoms with Gasteiger partial charge in [-0.15, -0.1) is 6.58 Å². The highest BCUT2D eigenvalue weighted by Crippen LogP contribution is 2.24. The minimum atomic E-state index is -5.36. The van der Waals surface area contributed by atoms with E-state index in [9.17, 15) is 21.6 Å². The van der Waals surface area contributed by atoms with Gasteiger partial charge in [-0.3, -0.25) is 0 Å². The summed E-state index contributed by atoms with van der Waals surface area (Å²) in [6.07, 6.45) is 1.32. The Labute approximate surface area is 70.3 Å². The summed E-state index contributed by atoms with van der Waals surface area (Å²) in [5.41, 5.74) is -5.30. The Morgan fingerprint density at radius 3 is 2.33 bits per heavy atom. The van der Waals surface area contributed by atoms with E-state index in [1.165, 1.54) is 6.08 Å². The average molecular weight is 220 g/mol. The number of hydrogen-bond acceptors (Lipinski definition) is 3. The third-order valence-electron chi connectivity index (χ3n) is 0.844. The summed E-state index contributed by atoms with van der Waals surface area (Å²) >= 11 is 0. The van der Waals surface area contributed by atoms with Crippen molar-refractivity contribution in [2.45, 2.75) is 11.6 Å². The zero-order valence-electron chi connectivity index (χ0n) is 5.97. The van der Waals surface area contributed by atoms with Crippen LogP contribution in [0.25, 0.3) is 0 Å². The Kier molecular flexibility index (Phi) is 3.94. The Morgan fingerprint density at radius 1 is 1.50 bits per heavy atom. The first-order chi connectivity index (χ1) is 5.31. The average Bonchev–Trinajstić information content (AvgIpc) is 1.85. The second-order valence-electron chi connectivity index (χ2n) is 1.80. The minimum Gasteiger partial charge on any atom is -0.316 e. The summed E-state index contributed by atoms with van der Waals surface area (Å²) in [6.45, 7) is 3.22. The van der Waals surface area contributed by atoms with Crippen molar-refractivity contribution >= 4 is 19.9 Å². The van der Waals surface area contributed by atoms with Crippen LogP contribution in [0, 0.1) is 0 Å². The van der Waals surface area contributed by atoms with Crippen LogP contribution in [-0.4, -0.2) is 23.7 Å². The number of hydrogen-bond donors (Lipinski definition) is 0. The van der Waals surface area contributed by atoms with E-state index in [1.807, 2.05) is 0 Å². The van der Waals surface area contributed by atoms with E-state index in [1.54, 1.807) is 0 Å². The molecular weight excluding hydrogens is 213 g/mol. The van der Waals surface area contributed by atoms with Gasteiger partial charge in [0.1, 0.15) is 0 Å². The summed E-state index contributed by atoms with van der Waals surface area (Å²) in [4.78, 5) is 0. The Morgan fingerprint density at radius 2 is 2.00 bits per heavy atom. The van der Waals surface area contributed by atoms with E-state index in [4.69, 9.17) is 0 Å². The second kappa shape index (κ2) is 4.05. The molecule has 0 radical (unpaired) electrons. The summed E-state index contributed by atoms with van der Waals surface area (Å²) in [6, 6.07) is 0.190. The number of alkyl halides is 3. The molecule has 0 amide bonds. The third-order valence-corrected chi connectivity index (χ3v) is 3.96. The van der Waals surface area contributed by atoms with Crippen molar-refractivity contribution in [3.05, 3.63) is 12.7 Å². The van der Waals surface area contributed by atoms with E-state index < -0.39 is 25.4 Å². The molecule has 0 heterocycles. The lowest BCUT2D eigenvalue weighted by atomic mass is 10.8. The van der Waals surface area contributed by atoms with Gasteiger partial charge in [0.2, 0.25) is 0 Å². The lowest BCUT2D eigenvalue weighted by Crippen LogP contribution is -2.26. The van der Waals surface area contributed by atoms with Crippen LogP contribution in [0.4, 0.5) is 13.2 Å². The van der Waals surface area contributed by atoms with Crippen molar-refractivity contribution < 1.29 is 25.5 Å². The molecular formula is C4H7F3O3SSi. The first-order valence-corrected chi connectivity index (χ1v) is 5.86. The molecule has 12 heavy (non-hydrogen) atoms. The number of allylic oxidation sites excluding steroid dienone is 1. The molecule has 8 heteroatoms. The van der Waals surface area contributed by atoms with E-state index in [0.29, 0.717) is 0 Å². The molecule has 0 bridgehead atoms. The minimum absolute atomic E-state index is 0.190. The van der Waals surface area contributed by atoms with Crippen molar-refractivity contribution in [1.29, 1.82) is 0 Å². The molecule has 0 atom stereocenters. The van der Waals surface area contributed by atoms with Gasteiger partial charge < -0.3 is 3.87 Å². The Balaban J connectivity index is 4.16. The van der Waals surface area contributed by atoms with Crippen LogP contribution in [0.2, 0.25) is 6.04 Å². The zero-order valence-corrected chi connectivity index (χ0v) is 8.20. The summed E-state index contributed by atoms with van der Waals surface area (Å²) < 4.78 is 58.7. The fourth-order valence-corrected chi connectivity index (χ4v) is 2.27. The van der Waals surface area contributed by atoms with Crippen molar-refractivity contribution in [3.63, 3.8) is 0 Å². The molecule has 0 aromatic carbocycles. The van der Waals surface area contributed by atoms with Crippen molar-refractivity contribution in [2.24, 2.45) is 0 Å². The summed E-state index contributed by atoms with van der Waals surface area (Å²) in [7, 11) is -7.05. The predicted molar refractivity (Wildman–Crippen MR) is 39.6 cm³/mol. The largest absolute Gasteiger partial charge is 0.522 e. The van der Waals surface area contributed by atoms with E-state index in [-0.39, 0.29) is 6.04 Å². The van der Waals surface area contributed by atoms with Crippen LogP contribution >= 0.6 is 0 Å². The fourth-order valence-electron chi connectivity index (χ4n) is 0.308. The van der Waals surface area contributed by atoms with Gasteiger partial charge in [-0.25, -0.2) is 0 Å². The molecule has 0 N–H and O–H groups in total. The number of rotatable bonds is 4. The van der Waals surface area contributed by atoms with Crippen LogP contribution in [-0.2, 0) is 14.0 Å². The van der Waals surface area contributed by atoms with E-state index in [0.717, 1.165) is 0 Å². The molecule has 0 unspecified atom stereocenters. The van der Waals surface area contributed by atoms with Crippen LogP contribution < -0.4 is 0 Å². The topological polar surface area (TPSA) is 43.4 Å². The van der Waals surface area contributed by atoms with Gasteiger partial charge in [-0.05, 0) is 6.04 Å². The molecule has 0 saturated carbocycles. The van der Waals surface area contributed by atoms with Crippen molar-refractivity contribution in [2.75, 3.05) is 0 Å². The Bertz CT molecular complexity index is 245. The van der Waals surface area contributed by atoms with Crippen LogP contribution in [0.3, 0.4) is 0 Å². The smallest absolute Gasteiger partial charge is 0.316 e. The zero-order chi connectivity index (χ0) is 9.83. The van der Waals surface area contributed by atoms with Gasteiger partial charge in [0.05, 0.1) is 0 Å². The summed E-state index contributed by atoms with van der Waals surface area (Å²) in [5, 5.41) is 0. The van der Waals surface area contributed by atoms with E-state index >= 15 is 0 Å². The summed E-state index contributed by atoms with van der Waals surface area (Å²) in [5.74, 6) is 0. The SMILES string of the molecule is C=CC[SiH2]OS(=O)(=O)C(F)(F)F. The fraction of sp³-hybridized carbons (Fsp3) is 0.500. The normalized spacial score (nSPS) is 13.9. The quantitative estimate of drug-likeness (QED) is 0.300. The highest BCUT2D eigenvalue weighted by Gasteiger charge is 2.46. The van der Waals surface area contributed by atoms with Crippen LogP contribution in [0.1, 0.15) is 0 Å². The first kappa shape index (κ1) is 11.7. The maximum Gasteiger partial charge on any atom is 0.522 e. The van der Waals surface area contributed by atoms with Gasteiger partial charge in [0.25, 0.3) is 0 Å². The third kappa shape index (κ3) is 3.37.